The molecule has 0 aliphatic carbocycles. The Hall–Kier alpha value is -5.22. The smallest absolute Gasteiger partial charge is 0.202 e. The lowest BCUT2D eigenvalue weighted by molar-refractivity contribution is 0.103. The summed E-state index contributed by atoms with van der Waals surface area (Å²) >= 11 is 6.51. The van der Waals surface area contributed by atoms with Gasteiger partial charge >= 0.3 is 0 Å². The van der Waals surface area contributed by atoms with Crippen LogP contribution in [-0.4, -0.2) is 11.6 Å². The Morgan fingerprint density at radius 3 is 1.15 bits per heavy atom. The lowest BCUT2D eigenvalue weighted by atomic mass is 10.0. The molecular weight excluding hydrogens is 645 g/mol. The third kappa shape index (κ3) is 3.99. The zero-order chi connectivity index (χ0) is 31.1. The Labute approximate surface area is 277 Å². The molecule has 8 heteroatoms. The van der Waals surface area contributed by atoms with Crippen LogP contribution in [-0.2, 0) is 0 Å². The standard InChI is InChI=1S/C38H16N2O2S4/c39-17-19-1-5-21(6-2-19)37(41)31-15-23-25(43-31)9-11-27-33(23)35-29(45-27)13-14-30-36(35)34-24-16-32(44-26(24)10-12-28(34)46-30)38(42)22-7-3-20(18-40)4-8-22/h1-16H. The molecule has 0 unspecified atom stereocenters. The summed E-state index contributed by atoms with van der Waals surface area (Å²) in [6.07, 6.45) is 0. The van der Waals surface area contributed by atoms with Gasteiger partial charge in [0.2, 0.25) is 11.6 Å². The van der Waals surface area contributed by atoms with Crippen LogP contribution in [0.3, 0.4) is 0 Å². The van der Waals surface area contributed by atoms with Crippen molar-refractivity contribution in [1.29, 1.82) is 10.5 Å². The van der Waals surface area contributed by atoms with E-state index in [1.807, 2.05) is 12.1 Å². The molecule has 4 aromatic heterocycles. The maximum atomic E-state index is 13.5. The average Bonchev–Trinajstić information content (AvgIpc) is 3.88. The maximum absolute atomic E-state index is 13.5. The van der Waals surface area contributed by atoms with Gasteiger partial charge in [0.05, 0.1) is 33.0 Å². The van der Waals surface area contributed by atoms with E-state index in [0.29, 0.717) is 32.0 Å². The molecule has 5 aromatic carbocycles. The molecule has 9 rings (SSSR count). The molecule has 0 aliphatic rings. The van der Waals surface area contributed by atoms with Crippen molar-refractivity contribution in [2.24, 2.45) is 0 Å². The number of carbonyl (C=O) groups is 2. The SMILES string of the molecule is N#Cc1ccc(C(=O)c2cc3c(ccc4sc5ccc6sc7ccc8sc(C(=O)c9ccc(C#N)cc9)cc8c7c6c5c43)s2)cc1. The Bertz CT molecular complexity index is 2650. The summed E-state index contributed by atoms with van der Waals surface area (Å²) in [5, 5.41) is 25.1. The van der Waals surface area contributed by atoms with Crippen LogP contribution in [0.2, 0.25) is 0 Å². The molecule has 0 atom stereocenters. The first-order valence-corrected chi connectivity index (χ1v) is 17.5. The summed E-state index contributed by atoms with van der Waals surface area (Å²) in [6, 6.07) is 34.8. The minimum absolute atomic E-state index is 0.0519. The molecule has 9 aromatic rings. The van der Waals surface area contributed by atoms with Crippen LogP contribution in [0.25, 0.3) is 60.5 Å². The maximum Gasteiger partial charge on any atom is 0.202 e. The van der Waals surface area contributed by atoms with Gasteiger partial charge in [-0.15, -0.1) is 45.3 Å². The van der Waals surface area contributed by atoms with Gasteiger partial charge in [0.1, 0.15) is 0 Å². The first-order chi connectivity index (χ1) is 22.5. The zero-order valence-corrected chi connectivity index (χ0v) is 26.8. The molecule has 0 aliphatic heterocycles. The van der Waals surface area contributed by atoms with E-state index in [9.17, 15) is 9.59 Å². The summed E-state index contributed by atoms with van der Waals surface area (Å²) in [5.74, 6) is -0.104. The van der Waals surface area contributed by atoms with E-state index in [2.05, 4.69) is 48.5 Å². The fourth-order valence-corrected chi connectivity index (χ4v) is 10.6. The van der Waals surface area contributed by atoms with Gasteiger partial charge in [-0.25, -0.2) is 0 Å². The number of fused-ring (bicyclic) bond motifs is 11. The molecule has 0 spiro atoms. The van der Waals surface area contributed by atoms with Gasteiger partial charge < -0.3 is 0 Å². The van der Waals surface area contributed by atoms with Crippen molar-refractivity contribution in [1.82, 2.24) is 0 Å². The topological polar surface area (TPSA) is 81.7 Å². The summed E-state index contributed by atoms with van der Waals surface area (Å²) in [5.41, 5.74) is 2.18. The summed E-state index contributed by atoms with van der Waals surface area (Å²) in [7, 11) is 0. The lowest BCUT2D eigenvalue weighted by Crippen LogP contribution is -1.97. The molecule has 0 amide bonds. The first-order valence-electron chi connectivity index (χ1n) is 14.3. The van der Waals surface area contributed by atoms with Gasteiger partial charge in [-0.1, -0.05) is 0 Å². The normalized spacial score (nSPS) is 11.6. The van der Waals surface area contributed by atoms with E-state index >= 15 is 0 Å². The number of hydrogen-bond donors (Lipinski definition) is 0. The third-order valence-electron chi connectivity index (χ3n) is 8.39. The van der Waals surface area contributed by atoms with Gasteiger partial charge in [0.15, 0.2) is 0 Å². The van der Waals surface area contributed by atoms with Gasteiger partial charge in [0, 0.05) is 71.6 Å². The Morgan fingerprint density at radius 2 is 0.783 bits per heavy atom. The summed E-state index contributed by atoms with van der Waals surface area (Å²) < 4.78 is 6.80. The highest BCUT2D eigenvalue weighted by molar-refractivity contribution is 7.29. The summed E-state index contributed by atoms with van der Waals surface area (Å²) in [4.78, 5) is 28.4. The van der Waals surface area contributed by atoms with Crippen molar-refractivity contribution in [3.63, 3.8) is 0 Å². The largest absolute Gasteiger partial charge is 0.288 e. The van der Waals surface area contributed by atoms with E-state index in [4.69, 9.17) is 10.5 Å². The number of thiophene rings is 4. The van der Waals surface area contributed by atoms with Crippen molar-refractivity contribution < 1.29 is 9.59 Å². The van der Waals surface area contributed by atoms with Crippen molar-refractivity contribution >= 4 is 117 Å². The Balaban J connectivity index is 1.28. The molecule has 0 N–H and O–H groups in total. The molecule has 0 fully saturated rings. The highest BCUT2D eigenvalue weighted by atomic mass is 32.1. The Kier molecular flexibility index (Phi) is 5.98. The van der Waals surface area contributed by atoms with Crippen LogP contribution in [0.5, 0.6) is 0 Å². The van der Waals surface area contributed by atoms with Gasteiger partial charge in [-0.3, -0.25) is 9.59 Å². The molecule has 0 saturated carbocycles. The van der Waals surface area contributed by atoms with Crippen LogP contribution in [0.1, 0.15) is 41.6 Å². The molecule has 0 bridgehead atoms. The van der Waals surface area contributed by atoms with E-state index in [1.54, 1.807) is 71.2 Å². The lowest BCUT2D eigenvalue weighted by Gasteiger charge is -2.00. The molecule has 0 saturated heterocycles. The van der Waals surface area contributed by atoms with Crippen molar-refractivity contribution in [2.45, 2.75) is 0 Å². The fraction of sp³-hybridized carbons (Fsp3) is 0. The predicted octanol–water partition coefficient (Wildman–Crippen LogP) is 11.1. The van der Waals surface area contributed by atoms with E-state index in [0.717, 1.165) is 30.9 Å². The molecule has 46 heavy (non-hydrogen) atoms. The number of benzene rings is 5. The molecule has 4 nitrogen and oxygen atoms in total. The third-order valence-corrected chi connectivity index (χ3v) is 12.8. The van der Waals surface area contributed by atoms with E-state index in [-0.39, 0.29) is 11.6 Å². The number of carbonyl (C=O) groups excluding carboxylic acids is 2. The number of rotatable bonds is 4. The molecule has 4 heterocycles. The van der Waals surface area contributed by atoms with E-state index < -0.39 is 0 Å². The quantitative estimate of drug-likeness (QED) is 0.176. The van der Waals surface area contributed by atoms with Crippen LogP contribution in [0, 0.1) is 22.7 Å². The summed E-state index contributed by atoms with van der Waals surface area (Å²) in [6.45, 7) is 0. The van der Waals surface area contributed by atoms with Crippen LogP contribution in [0.4, 0.5) is 0 Å². The first kappa shape index (κ1) is 27.1. The zero-order valence-electron chi connectivity index (χ0n) is 23.6. The van der Waals surface area contributed by atoms with Crippen LogP contribution < -0.4 is 0 Å². The minimum Gasteiger partial charge on any atom is -0.288 e. The number of nitrogens with zero attached hydrogens (tertiary/aromatic N) is 2. The van der Waals surface area contributed by atoms with Crippen molar-refractivity contribution in [3.8, 4) is 12.1 Å². The number of hydrogen-bond acceptors (Lipinski definition) is 8. The number of ketones is 2. The monoisotopic (exact) mass is 660 g/mol. The predicted molar refractivity (Wildman–Crippen MR) is 192 cm³/mol. The van der Waals surface area contributed by atoms with Crippen LogP contribution in [0.15, 0.2) is 97.1 Å². The van der Waals surface area contributed by atoms with Gasteiger partial charge in [-0.05, 0) is 97.1 Å². The van der Waals surface area contributed by atoms with Crippen LogP contribution >= 0.6 is 45.3 Å². The van der Waals surface area contributed by atoms with E-state index in [1.165, 1.54) is 52.2 Å². The molecule has 0 radical (unpaired) electrons. The van der Waals surface area contributed by atoms with Gasteiger partial charge in [-0.2, -0.15) is 10.5 Å². The Morgan fingerprint density at radius 1 is 0.435 bits per heavy atom. The van der Waals surface area contributed by atoms with Gasteiger partial charge in [0.25, 0.3) is 0 Å². The minimum atomic E-state index is -0.0519. The van der Waals surface area contributed by atoms with Crippen molar-refractivity contribution in [3.05, 3.63) is 129 Å². The highest BCUT2D eigenvalue weighted by Crippen LogP contribution is 2.49. The highest BCUT2D eigenvalue weighted by Gasteiger charge is 2.21. The number of nitriles is 2. The molecular formula is C38H16N2O2S4. The second kappa shape index (κ2) is 10.1. The second-order valence-electron chi connectivity index (χ2n) is 11.0. The average molecular weight is 661 g/mol. The van der Waals surface area contributed by atoms with Crippen molar-refractivity contribution in [2.75, 3.05) is 0 Å². The molecule has 214 valence electrons. The fourth-order valence-electron chi connectivity index (χ4n) is 6.24. The second-order valence-corrected chi connectivity index (χ2v) is 15.3.